The molecule has 0 radical (unpaired) electrons. The van der Waals surface area contributed by atoms with Crippen LogP contribution in [0.1, 0.15) is 27.2 Å². The van der Waals surface area contributed by atoms with E-state index in [9.17, 15) is 0 Å². The van der Waals surface area contributed by atoms with Crippen molar-refractivity contribution in [3.8, 4) is 0 Å². The fourth-order valence-electron chi connectivity index (χ4n) is 1.71. The Bertz CT molecular complexity index is 331. The van der Waals surface area contributed by atoms with E-state index in [1.807, 2.05) is 0 Å². The third-order valence-electron chi connectivity index (χ3n) is 2.99. The van der Waals surface area contributed by atoms with Crippen molar-refractivity contribution < 1.29 is 0 Å². The van der Waals surface area contributed by atoms with Crippen LogP contribution in [0.2, 0.25) is 0 Å². The van der Waals surface area contributed by atoms with Gasteiger partial charge in [-0.05, 0) is 25.3 Å². The quantitative estimate of drug-likeness (QED) is 0.504. The molecule has 1 aliphatic rings. The fraction of sp³-hybridized carbons (Fsp3) is 0.533. The number of hydrogen-bond donors (Lipinski definition) is 0. The summed E-state index contributed by atoms with van der Waals surface area (Å²) in [5, 5.41) is 0. The molecule has 1 heterocycles. The van der Waals surface area contributed by atoms with Gasteiger partial charge in [-0.1, -0.05) is 38.7 Å². The Morgan fingerprint density at radius 3 is 2.59 bits per heavy atom. The summed E-state index contributed by atoms with van der Waals surface area (Å²) < 4.78 is 0. The summed E-state index contributed by atoms with van der Waals surface area (Å²) in [5.74, 6) is 2.38. The first-order chi connectivity index (χ1) is 8.04. The predicted octanol–water partition coefficient (Wildman–Crippen LogP) is 3.64. The monoisotopic (exact) mass is 232 g/mol. The first-order valence-corrected chi connectivity index (χ1v) is 6.30. The van der Waals surface area contributed by atoms with Gasteiger partial charge in [-0.2, -0.15) is 0 Å². The van der Waals surface area contributed by atoms with Crippen LogP contribution in [0, 0.1) is 11.8 Å². The van der Waals surface area contributed by atoms with Gasteiger partial charge in [0.1, 0.15) is 5.82 Å². The van der Waals surface area contributed by atoms with E-state index in [4.69, 9.17) is 0 Å². The lowest BCUT2D eigenvalue weighted by molar-refractivity contribution is 0.168. The van der Waals surface area contributed by atoms with Crippen LogP contribution in [0.25, 0.3) is 0 Å². The zero-order valence-corrected chi connectivity index (χ0v) is 11.3. The van der Waals surface area contributed by atoms with Crippen molar-refractivity contribution in [3.63, 3.8) is 0 Å². The zero-order chi connectivity index (χ0) is 12.8. The number of nitrogens with zero attached hydrogens (tertiary/aromatic N) is 2. The number of aliphatic imine (C=N–C) groups is 1. The van der Waals surface area contributed by atoms with Gasteiger partial charge < -0.3 is 4.90 Å². The summed E-state index contributed by atoms with van der Waals surface area (Å²) >= 11 is 0. The standard InChI is InChI=1S/C15H24N2/c1-6-9-16-15(8-7-12(2)3)17-10-14(11-17)13(4)5/h6,8-9,12,14H,1,4,7,10-11H2,2-3,5H3/b15-8+,16-9-. The molecule has 17 heavy (non-hydrogen) atoms. The van der Waals surface area contributed by atoms with Gasteiger partial charge in [-0.3, -0.25) is 0 Å². The van der Waals surface area contributed by atoms with Crippen LogP contribution in [-0.4, -0.2) is 24.2 Å². The lowest BCUT2D eigenvalue weighted by Crippen LogP contribution is -2.45. The number of rotatable bonds is 6. The van der Waals surface area contributed by atoms with Gasteiger partial charge in [-0.15, -0.1) is 0 Å². The van der Waals surface area contributed by atoms with E-state index in [2.05, 4.69) is 49.9 Å². The highest BCUT2D eigenvalue weighted by Crippen LogP contribution is 2.26. The van der Waals surface area contributed by atoms with Crippen LogP contribution < -0.4 is 0 Å². The molecule has 0 aromatic rings. The Labute approximate surface area is 105 Å². The Morgan fingerprint density at radius 1 is 1.47 bits per heavy atom. The molecule has 0 spiro atoms. The van der Waals surface area contributed by atoms with Crippen molar-refractivity contribution in [2.45, 2.75) is 27.2 Å². The average Bonchev–Trinajstić information content (AvgIpc) is 2.18. The highest BCUT2D eigenvalue weighted by molar-refractivity contribution is 5.71. The summed E-state index contributed by atoms with van der Waals surface area (Å²) in [7, 11) is 0. The second-order valence-electron chi connectivity index (χ2n) is 5.15. The smallest absolute Gasteiger partial charge is 0.124 e. The molecule has 0 atom stereocenters. The van der Waals surface area contributed by atoms with Crippen molar-refractivity contribution in [1.82, 2.24) is 4.90 Å². The largest absolute Gasteiger partial charge is 0.356 e. The Hall–Kier alpha value is -1.31. The van der Waals surface area contributed by atoms with E-state index in [1.165, 1.54) is 5.57 Å². The van der Waals surface area contributed by atoms with E-state index in [-0.39, 0.29) is 0 Å². The minimum Gasteiger partial charge on any atom is -0.356 e. The average molecular weight is 232 g/mol. The SMILES string of the molecule is C=C/C=N\C(=C/CC(C)C)N1CC(C(=C)C)C1. The molecule has 0 aromatic carbocycles. The van der Waals surface area contributed by atoms with Gasteiger partial charge in [0.05, 0.1) is 0 Å². The Balaban J connectivity index is 2.59. The van der Waals surface area contributed by atoms with E-state index >= 15 is 0 Å². The van der Waals surface area contributed by atoms with E-state index in [1.54, 1.807) is 12.3 Å². The van der Waals surface area contributed by atoms with Gasteiger partial charge in [0.25, 0.3) is 0 Å². The van der Waals surface area contributed by atoms with Crippen LogP contribution in [0.4, 0.5) is 0 Å². The molecule has 0 unspecified atom stereocenters. The first kappa shape index (κ1) is 13.8. The highest BCUT2D eigenvalue weighted by atomic mass is 15.3. The number of likely N-dealkylation sites (tertiary alicyclic amines) is 1. The molecule has 2 nitrogen and oxygen atoms in total. The van der Waals surface area contributed by atoms with Crippen molar-refractivity contribution in [1.29, 1.82) is 0 Å². The maximum absolute atomic E-state index is 4.44. The van der Waals surface area contributed by atoms with Crippen LogP contribution in [0.3, 0.4) is 0 Å². The predicted molar refractivity (Wildman–Crippen MR) is 76.1 cm³/mol. The summed E-state index contributed by atoms with van der Waals surface area (Å²) in [6.45, 7) is 16.3. The molecular weight excluding hydrogens is 208 g/mol. The Kier molecular flexibility index (Phi) is 5.20. The molecular formula is C15H24N2. The first-order valence-electron chi connectivity index (χ1n) is 6.30. The topological polar surface area (TPSA) is 15.6 Å². The molecule has 0 amide bonds. The number of allylic oxidation sites excluding steroid dienone is 2. The van der Waals surface area contributed by atoms with Gasteiger partial charge in [-0.25, -0.2) is 4.99 Å². The maximum atomic E-state index is 4.44. The van der Waals surface area contributed by atoms with Crippen LogP contribution in [-0.2, 0) is 0 Å². The maximum Gasteiger partial charge on any atom is 0.124 e. The van der Waals surface area contributed by atoms with Gasteiger partial charge in [0.15, 0.2) is 0 Å². The molecule has 1 fully saturated rings. The third-order valence-corrected chi connectivity index (χ3v) is 2.99. The molecule has 0 saturated carbocycles. The molecule has 0 N–H and O–H groups in total. The molecule has 94 valence electrons. The van der Waals surface area contributed by atoms with Crippen LogP contribution in [0.15, 0.2) is 41.7 Å². The van der Waals surface area contributed by atoms with Crippen LogP contribution in [0.5, 0.6) is 0 Å². The molecule has 1 rings (SSSR count). The molecule has 1 aliphatic heterocycles. The summed E-state index contributed by atoms with van der Waals surface area (Å²) in [6, 6.07) is 0. The zero-order valence-electron chi connectivity index (χ0n) is 11.3. The molecule has 1 saturated heterocycles. The minimum absolute atomic E-state index is 0.636. The van der Waals surface area contributed by atoms with Crippen molar-refractivity contribution >= 4 is 6.21 Å². The van der Waals surface area contributed by atoms with Crippen molar-refractivity contribution in [3.05, 3.63) is 36.7 Å². The van der Waals surface area contributed by atoms with Gasteiger partial charge in [0.2, 0.25) is 0 Å². The summed E-state index contributed by atoms with van der Waals surface area (Å²) in [4.78, 5) is 6.75. The second kappa shape index (κ2) is 6.43. The van der Waals surface area contributed by atoms with Gasteiger partial charge >= 0.3 is 0 Å². The molecule has 0 aromatic heterocycles. The summed E-state index contributed by atoms with van der Waals surface area (Å²) in [5.41, 5.74) is 1.28. The normalized spacial score (nSPS) is 17.6. The van der Waals surface area contributed by atoms with Crippen LogP contribution >= 0.6 is 0 Å². The minimum atomic E-state index is 0.636. The third kappa shape index (κ3) is 4.22. The molecule has 0 bridgehead atoms. The van der Waals surface area contributed by atoms with Crippen molar-refractivity contribution in [2.24, 2.45) is 16.8 Å². The summed E-state index contributed by atoms with van der Waals surface area (Å²) in [6.07, 6.45) is 6.77. The fourth-order valence-corrected chi connectivity index (χ4v) is 1.71. The lowest BCUT2D eigenvalue weighted by atomic mass is 9.93. The van der Waals surface area contributed by atoms with Gasteiger partial charge in [0, 0.05) is 25.2 Å². The lowest BCUT2D eigenvalue weighted by Gasteiger charge is -2.41. The van der Waals surface area contributed by atoms with E-state index < -0.39 is 0 Å². The number of hydrogen-bond acceptors (Lipinski definition) is 2. The molecule has 0 aliphatic carbocycles. The van der Waals surface area contributed by atoms with Crippen molar-refractivity contribution in [2.75, 3.05) is 13.1 Å². The Morgan fingerprint density at radius 2 is 2.12 bits per heavy atom. The second-order valence-corrected chi connectivity index (χ2v) is 5.15. The highest BCUT2D eigenvalue weighted by Gasteiger charge is 2.28. The van der Waals surface area contributed by atoms with E-state index in [0.717, 1.165) is 25.3 Å². The van der Waals surface area contributed by atoms with E-state index in [0.29, 0.717) is 11.8 Å². The molecule has 2 heteroatoms.